The first-order valence-electron chi connectivity index (χ1n) is 12.5. The van der Waals surface area contributed by atoms with Gasteiger partial charge < -0.3 is 19.4 Å². The molecule has 0 aliphatic carbocycles. The number of ether oxygens (including phenoxy) is 2. The van der Waals surface area contributed by atoms with E-state index in [1.165, 1.54) is 12.1 Å². The van der Waals surface area contributed by atoms with Crippen molar-refractivity contribution < 1.29 is 18.7 Å². The third-order valence-electron chi connectivity index (χ3n) is 6.29. The average molecular weight is 527 g/mol. The number of halogens is 1. The Labute approximate surface area is 217 Å². The highest BCUT2D eigenvalue weighted by molar-refractivity contribution is 6.76. The second-order valence-electron chi connectivity index (χ2n) is 10.5. The SMILES string of the molecule is CC[C@@H](COC)NC(=O)c1cn(COCC[Si](C)(C)C)c2ncc(-c3nn(C)c4cc(F)ccc34)nc12. The summed E-state index contributed by atoms with van der Waals surface area (Å²) in [6.45, 7) is 10.2. The summed E-state index contributed by atoms with van der Waals surface area (Å²) in [5.41, 5.74) is 3.13. The molecule has 3 heterocycles. The molecule has 11 heteroatoms. The zero-order valence-electron chi connectivity index (χ0n) is 22.3. The van der Waals surface area contributed by atoms with Gasteiger partial charge in [-0.15, -0.1) is 0 Å². The van der Waals surface area contributed by atoms with E-state index in [2.05, 4.69) is 35.0 Å². The molecule has 0 fully saturated rings. The Morgan fingerprint density at radius 2 is 2.05 bits per heavy atom. The zero-order chi connectivity index (χ0) is 26.7. The fourth-order valence-electron chi connectivity index (χ4n) is 4.12. The first kappa shape index (κ1) is 26.9. The maximum atomic E-state index is 13.8. The van der Waals surface area contributed by atoms with Crippen molar-refractivity contribution >= 4 is 36.0 Å². The molecule has 1 aromatic carbocycles. The van der Waals surface area contributed by atoms with E-state index >= 15 is 0 Å². The lowest BCUT2D eigenvalue weighted by Gasteiger charge is -2.15. The van der Waals surface area contributed by atoms with Crippen molar-refractivity contribution in [2.24, 2.45) is 7.05 Å². The van der Waals surface area contributed by atoms with Crippen LogP contribution in [0.3, 0.4) is 0 Å². The van der Waals surface area contributed by atoms with Gasteiger partial charge in [-0.3, -0.25) is 9.48 Å². The van der Waals surface area contributed by atoms with Crippen molar-refractivity contribution in [3.63, 3.8) is 0 Å². The summed E-state index contributed by atoms with van der Waals surface area (Å²) < 4.78 is 28.4. The number of aromatic nitrogens is 5. The minimum Gasteiger partial charge on any atom is -0.383 e. The summed E-state index contributed by atoms with van der Waals surface area (Å²) in [4.78, 5) is 22.8. The molecule has 1 amide bonds. The van der Waals surface area contributed by atoms with Crippen LogP contribution >= 0.6 is 0 Å². The standard InChI is InChI=1S/C26H35FN6O3Si/c1-7-18(15-35-3)29-26(34)20-14-33(16-36-10-11-37(4,5)6)25-24(20)30-21(13-28-25)23-19-9-8-17(27)12-22(19)32(2)31-23/h8-9,12-14,18H,7,10-11,15-16H2,1-6H3,(H,29,34)/t18-/m0/s1. The largest absolute Gasteiger partial charge is 0.383 e. The van der Waals surface area contributed by atoms with Crippen LogP contribution in [0, 0.1) is 5.82 Å². The van der Waals surface area contributed by atoms with Gasteiger partial charge in [-0.1, -0.05) is 26.6 Å². The number of amides is 1. The molecule has 0 spiro atoms. The number of hydrogen-bond donors (Lipinski definition) is 1. The van der Waals surface area contributed by atoms with Gasteiger partial charge >= 0.3 is 0 Å². The Morgan fingerprint density at radius 1 is 1.27 bits per heavy atom. The molecule has 0 saturated heterocycles. The minimum atomic E-state index is -1.23. The number of methoxy groups -OCH3 is 1. The van der Waals surface area contributed by atoms with Gasteiger partial charge in [0, 0.05) is 40.4 Å². The first-order valence-corrected chi connectivity index (χ1v) is 16.2. The number of nitrogens with zero attached hydrogens (tertiary/aromatic N) is 5. The van der Waals surface area contributed by atoms with E-state index in [9.17, 15) is 9.18 Å². The fraction of sp³-hybridized carbons (Fsp3) is 0.462. The van der Waals surface area contributed by atoms with E-state index in [0.717, 1.165) is 17.9 Å². The summed E-state index contributed by atoms with van der Waals surface area (Å²) in [5, 5.41) is 8.35. The Morgan fingerprint density at radius 3 is 2.76 bits per heavy atom. The minimum absolute atomic E-state index is 0.130. The number of nitrogens with one attached hydrogen (secondary N) is 1. The van der Waals surface area contributed by atoms with Crippen LogP contribution < -0.4 is 5.32 Å². The van der Waals surface area contributed by atoms with Crippen molar-refractivity contribution in [3.05, 3.63) is 42.0 Å². The molecule has 3 aromatic heterocycles. The van der Waals surface area contributed by atoms with Gasteiger partial charge in [0.15, 0.2) is 5.65 Å². The number of fused-ring (bicyclic) bond motifs is 2. The van der Waals surface area contributed by atoms with Gasteiger partial charge in [-0.05, 0) is 30.7 Å². The maximum absolute atomic E-state index is 13.8. The van der Waals surface area contributed by atoms with Crippen LogP contribution in [0.15, 0.2) is 30.6 Å². The van der Waals surface area contributed by atoms with Gasteiger partial charge in [0.05, 0.1) is 29.9 Å². The molecule has 37 heavy (non-hydrogen) atoms. The summed E-state index contributed by atoms with van der Waals surface area (Å²) in [6.07, 6.45) is 4.10. The third kappa shape index (κ3) is 6.05. The van der Waals surface area contributed by atoms with Crippen LogP contribution in [0.4, 0.5) is 4.39 Å². The topological polar surface area (TPSA) is 96.1 Å². The molecule has 0 aliphatic rings. The summed E-state index contributed by atoms with van der Waals surface area (Å²) in [6, 6.07) is 5.42. The number of rotatable bonds is 11. The van der Waals surface area contributed by atoms with Crippen molar-refractivity contribution in [3.8, 4) is 11.4 Å². The van der Waals surface area contributed by atoms with E-state index in [1.807, 2.05) is 11.5 Å². The molecular formula is C26H35FN6O3Si. The van der Waals surface area contributed by atoms with Crippen LogP contribution in [0.2, 0.25) is 25.7 Å². The van der Waals surface area contributed by atoms with Gasteiger partial charge in [-0.2, -0.15) is 5.10 Å². The Kier molecular flexibility index (Phi) is 8.05. The van der Waals surface area contributed by atoms with Crippen molar-refractivity contribution in [2.75, 3.05) is 20.3 Å². The number of carbonyl (C=O) groups excluding carboxylic acids is 1. The highest BCUT2D eigenvalue weighted by Crippen LogP contribution is 2.29. The first-order chi connectivity index (χ1) is 17.6. The normalized spacial score (nSPS) is 12.9. The summed E-state index contributed by atoms with van der Waals surface area (Å²) >= 11 is 0. The van der Waals surface area contributed by atoms with E-state index < -0.39 is 8.07 Å². The molecule has 0 aliphatic heterocycles. The molecule has 9 nitrogen and oxygen atoms in total. The molecule has 0 unspecified atom stereocenters. The molecular weight excluding hydrogens is 491 g/mol. The Bertz CT molecular complexity index is 1410. The van der Waals surface area contributed by atoms with Gasteiger partial charge in [0.25, 0.3) is 5.91 Å². The van der Waals surface area contributed by atoms with E-state index in [0.29, 0.717) is 46.8 Å². The molecule has 1 atom stereocenters. The monoisotopic (exact) mass is 526 g/mol. The highest BCUT2D eigenvalue weighted by atomic mass is 28.3. The molecule has 0 saturated carbocycles. The third-order valence-corrected chi connectivity index (χ3v) is 7.99. The van der Waals surface area contributed by atoms with Crippen LogP contribution in [0.25, 0.3) is 33.5 Å². The van der Waals surface area contributed by atoms with Crippen molar-refractivity contribution in [1.29, 1.82) is 0 Å². The Hall–Kier alpha value is -3.15. The van der Waals surface area contributed by atoms with Crippen molar-refractivity contribution in [1.82, 2.24) is 29.6 Å². The zero-order valence-corrected chi connectivity index (χ0v) is 23.3. The number of carbonyl (C=O) groups is 1. The quantitative estimate of drug-likeness (QED) is 0.227. The van der Waals surface area contributed by atoms with Crippen LogP contribution in [0.5, 0.6) is 0 Å². The molecule has 1 N–H and O–H groups in total. The predicted octanol–water partition coefficient (Wildman–Crippen LogP) is 4.59. The Balaban J connectivity index is 1.74. The van der Waals surface area contributed by atoms with Gasteiger partial charge in [0.1, 0.15) is 29.5 Å². The molecule has 4 rings (SSSR count). The number of benzene rings is 1. The molecule has 0 bridgehead atoms. The number of hydrogen-bond acceptors (Lipinski definition) is 6. The lowest BCUT2D eigenvalue weighted by atomic mass is 10.1. The lowest BCUT2D eigenvalue weighted by Crippen LogP contribution is -2.37. The second-order valence-corrected chi connectivity index (χ2v) is 16.1. The molecule has 198 valence electrons. The van der Waals surface area contributed by atoms with E-state index in [-0.39, 0.29) is 24.5 Å². The van der Waals surface area contributed by atoms with E-state index in [1.54, 1.807) is 37.3 Å². The average Bonchev–Trinajstić information content (AvgIpc) is 3.38. The summed E-state index contributed by atoms with van der Waals surface area (Å²) in [5.74, 6) is -0.593. The number of aryl methyl sites for hydroxylation is 1. The van der Waals surface area contributed by atoms with Gasteiger partial charge in [0.2, 0.25) is 0 Å². The van der Waals surface area contributed by atoms with Crippen molar-refractivity contribution in [2.45, 2.75) is 51.8 Å². The van der Waals surface area contributed by atoms with Gasteiger partial charge in [-0.25, -0.2) is 14.4 Å². The van der Waals surface area contributed by atoms with E-state index in [4.69, 9.17) is 14.5 Å². The van der Waals surface area contributed by atoms with Crippen LogP contribution in [-0.4, -0.2) is 64.7 Å². The molecule has 4 aromatic rings. The van der Waals surface area contributed by atoms with Crippen LogP contribution in [0.1, 0.15) is 23.7 Å². The smallest absolute Gasteiger partial charge is 0.255 e. The maximum Gasteiger partial charge on any atom is 0.255 e. The van der Waals surface area contributed by atoms with Crippen LogP contribution in [-0.2, 0) is 23.3 Å². The fourth-order valence-corrected chi connectivity index (χ4v) is 4.87. The predicted molar refractivity (Wildman–Crippen MR) is 145 cm³/mol. The lowest BCUT2D eigenvalue weighted by molar-refractivity contribution is 0.0876. The highest BCUT2D eigenvalue weighted by Gasteiger charge is 2.22. The second kappa shape index (κ2) is 11.1. The summed E-state index contributed by atoms with van der Waals surface area (Å²) in [7, 11) is 2.13. The molecule has 0 radical (unpaired) electrons.